The van der Waals surface area contributed by atoms with Crippen LogP contribution in [-0.2, 0) is 6.61 Å². The Hall–Kier alpha value is -2.63. The Morgan fingerprint density at radius 2 is 1.79 bits per heavy atom. The zero-order valence-corrected chi connectivity index (χ0v) is 18.4. The Bertz CT molecular complexity index is 1030. The number of benzene rings is 3. The number of hydrazone groups is 1. The predicted octanol–water partition coefficient (Wildman–Crippen LogP) is 6.06. The van der Waals surface area contributed by atoms with E-state index in [2.05, 4.69) is 26.5 Å². The van der Waals surface area contributed by atoms with Gasteiger partial charge in [0.05, 0.1) is 6.21 Å². The Kier molecular flexibility index (Phi) is 7.07. The average Bonchev–Trinajstić information content (AvgIpc) is 2.68. The number of hydrogen-bond acceptors (Lipinski definition) is 3. The Morgan fingerprint density at radius 1 is 1.10 bits per heavy atom. The van der Waals surface area contributed by atoms with Crippen molar-refractivity contribution in [3.63, 3.8) is 0 Å². The van der Waals surface area contributed by atoms with Gasteiger partial charge in [0.1, 0.15) is 12.4 Å². The zero-order chi connectivity index (χ0) is 20.8. The third kappa shape index (κ3) is 5.92. The molecule has 0 atom stereocenters. The minimum atomic E-state index is -0.313. The lowest BCUT2D eigenvalue weighted by Crippen LogP contribution is -2.17. The number of nitrogens with one attached hydrogen (secondary N) is 1. The molecule has 0 radical (unpaired) electrons. The molecule has 1 N–H and O–H groups in total. The fourth-order valence-corrected chi connectivity index (χ4v) is 3.34. The van der Waals surface area contributed by atoms with E-state index >= 15 is 0 Å². The summed E-state index contributed by atoms with van der Waals surface area (Å²) in [5.74, 6) is 0.541. The number of amides is 1. The van der Waals surface area contributed by atoms with E-state index in [0.717, 1.165) is 32.5 Å². The largest absolute Gasteiger partial charge is 0.488 e. The van der Waals surface area contributed by atoms with Crippen LogP contribution in [0.15, 0.2) is 70.2 Å². The topological polar surface area (TPSA) is 50.7 Å². The highest BCUT2D eigenvalue weighted by Crippen LogP contribution is 2.25. The molecule has 3 rings (SSSR count). The number of aryl methyl sites for hydroxylation is 2. The van der Waals surface area contributed by atoms with Crippen LogP contribution in [0, 0.1) is 13.8 Å². The van der Waals surface area contributed by atoms with Crippen LogP contribution >= 0.6 is 27.5 Å². The zero-order valence-electron chi connectivity index (χ0n) is 16.1. The van der Waals surface area contributed by atoms with Crippen molar-refractivity contribution >= 4 is 39.7 Å². The molecule has 148 valence electrons. The van der Waals surface area contributed by atoms with Gasteiger partial charge in [-0.25, -0.2) is 5.43 Å². The molecule has 0 aromatic heterocycles. The van der Waals surface area contributed by atoms with Crippen LogP contribution in [0.2, 0.25) is 5.02 Å². The molecule has 3 aromatic rings. The number of halogens is 2. The highest BCUT2D eigenvalue weighted by atomic mass is 79.9. The molecule has 0 aliphatic heterocycles. The first-order valence-corrected chi connectivity index (χ1v) is 10.2. The molecule has 0 aliphatic carbocycles. The van der Waals surface area contributed by atoms with Gasteiger partial charge in [-0.15, -0.1) is 0 Å². The van der Waals surface area contributed by atoms with Gasteiger partial charge in [0, 0.05) is 15.1 Å². The van der Waals surface area contributed by atoms with E-state index in [1.807, 2.05) is 50.2 Å². The Balaban J connectivity index is 1.64. The van der Waals surface area contributed by atoms with Crippen LogP contribution in [0.25, 0.3) is 0 Å². The van der Waals surface area contributed by atoms with Gasteiger partial charge in [-0.05, 0) is 78.6 Å². The number of carbonyl (C=O) groups excluding carboxylic acids is 1. The van der Waals surface area contributed by atoms with E-state index in [9.17, 15) is 4.79 Å². The molecule has 0 heterocycles. The van der Waals surface area contributed by atoms with Crippen LogP contribution < -0.4 is 10.2 Å². The van der Waals surface area contributed by atoms with E-state index in [1.54, 1.807) is 30.5 Å². The molecular weight excluding hydrogens is 452 g/mol. The summed E-state index contributed by atoms with van der Waals surface area (Å²) in [4.78, 5) is 12.1. The second kappa shape index (κ2) is 9.72. The van der Waals surface area contributed by atoms with E-state index in [-0.39, 0.29) is 5.91 Å². The van der Waals surface area contributed by atoms with Crippen molar-refractivity contribution < 1.29 is 9.53 Å². The normalized spacial score (nSPS) is 10.9. The van der Waals surface area contributed by atoms with Crippen LogP contribution in [0.4, 0.5) is 0 Å². The third-order valence-corrected chi connectivity index (χ3v) is 5.01. The van der Waals surface area contributed by atoms with Crippen molar-refractivity contribution in [3.8, 4) is 5.75 Å². The van der Waals surface area contributed by atoms with Gasteiger partial charge in [-0.1, -0.05) is 45.7 Å². The number of rotatable bonds is 6. The van der Waals surface area contributed by atoms with Crippen molar-refractivity contribution in [1.29, 1.82) is 0 Å². The van der Waals surface area contributed by atoms with Crippen molar-refractivity contribution in [2.45, 2.75) is 20.5 Å². The number of nitrogens with zero attached hydrogens (tertiary/aromatic N) is 1. The first-order chi connectivity index (χ1) is 13.9. The number of ether oxygens (including phenoxy) is 1. The van der Waals surface area contributed by atoms with Crippen molar-refractivity contribution in [2.75, 3.05) is 0 Å². The maximum atomic E-state index is 12.1. The SMILES string of the molecule is Cc1cc(/C=N\NC(=O)c2cccc(Cl)c2)cc(C)c1OCc1ccc(Br)cc1. The van der Waals surface area contributed by atoms with E-state index in [1.165, 1.54) is 0 Å². The van der Waals surface area contributed by atoms with Crippen molar-refractivity contribution in [2.24, 2.45) is 5.10 Å². The van der Waals surface area contributed by atoms with Gasteiger partial charge < -0.3 is 4.74 Å². The molecule has 0 bridgehead atoms. The van der Waals surface area contributed by atoms with Gasteiger partial charge in [0.15, 0.2) is 0 Å². The lowest BCUT2D eigenvalue weighted by Gasteiger charge is -2.13. The quantitative estimate of drug-likeness (QED) is 0.351. The lowest BCUT2D eigenvalue weighted by atomic mass is 10.1. The minimum absolute atomic E-state index is 0.313. The second-order valence-electron chi connectivity index (χ2n) is 6.61. The van der Waals surface area contributed by atoms with Crippen molar-refractivity contribution in [1.82, 2.24) is 5.43 Å². The van der Waals surface area contributed by atoms with Crippen LogP contribution in [0.3, 0.4) is 0 Å². The molecule has 6 heteroatoms. The van der Waals surface area contributed by atoms with Gasteiger partial charge in [-0.2, -0.15) is 5.10 Å². The fraction of sp³-hybridized carbons (Fsp3) is 0.130. The molecule has 0 fully saturated rings. The summed E-state index contributed by atoms with van der Waals surface area (Å²) in [6, 6.07) is 18.7. The highest BCUT2D eigenvalue weighted by molar-refractivity contribution is 9.10. The number of hydrogen-bond donors (Lipinski definition) is 1. The molecule has 29 heavy (non-hydrogen) atoms. The Labute approximate surface area is 183 Å². The third-order valence-electron chi connectivity index (χ3n) is 4.25. The fourth-order valence-electron chi connectivity index (χ4n) is 2.88. The Morgan fingerprint density at radius 3 is 2.45 bits per heavy atom. The number of carbonyl (C=O) groups is 1. The van der Waals surface area contributed by atoms with Gasteiger partial charge in [0.2, 0.25) is 0 Å². The molecule has 4 nitrogen and oxygen atoms in total. The smallest absolute Gasteiger partial charge is 0.271 e. The minimum Gasteiger partial charge on any atom is -0.488 e. The summed E-state index contributed by atoms with van der Waals surface area (Å²) in [6.07, 6.45) is 1.61. The molecule has 0 unspecified atom stereocenters. The molecule has 0 saturated carbocycles. The second-order valence-corrected chi connectivity index (χ2v) is 7.96. The average molecular weight is 472 g/mol. The molecule has 1 amide bonds. The highest BCUT2D eigenvalue weighted by Gasteiger charge is 2.07. The van der Waals surface area contributed by atoms with Gasteiger partial charge in [-0.3, -0.25) is 4.79 Å². The monoisotopic (exact) mass is 470 g/mol. The summed E-state index contributed by atoms with van der Waals surface area (Å²) in [5.41, 5.74) is 6.96. The molecule has 0 aliphatic rings. The molecular formula is C23H20BrClN2O2. The van der Waals surface area contributed by atoms with Crippen LogP contribution in [0.5, 0.6) is 5.75 Å². The van der Waals surface area contributed by atoms with Crippen LogP contribution in [-0.4, -0.2) is 12.1 Å². The van der Waals surface area contributed by atoms with Gasteiger partial charge >= 0.3 is 0 Å². The van der Waals surface area contributed by atoms with Crippen molar-refractivity contribution in [3.05, 3.63) is 98.0 Å². The molecule has 3 aromatic carbocycles. The summed E-state index contributed by atoms with van der Waals surface area (Å²) < 4.78 is 7.06. The first kappa shape index (κ1) is 21.1. The van der Waals surface area contributed by atoms with Gasteiger partial charge in [0.25, 0.3) is 5.91 Å². The maximum absolute atomic E-state index is 12.1. The molecule has 0 spiro atoms. The maximum Gasteiger partial charge on any atom is 0.271 e. The lowest BCUT2D eigenvalue weighted by molar-refractivity contribution is 0.0955. The van der Waals surface area contributed by atoms with E-state index in [0.29, 0.717) is 17.2 Å². The van der Waals surface area contributed by atoms with E-state index < -0.39 is 0 Å². The summed E-state index contributed by atoms with van der Waals surface area (Å²) in [5, 5.41) is 4.55. The first-order valence-electron chi connectivity index (χ1n) is 9.00. The van der Waals surface area contributed by atoms with E-state index in [4.69, 9.17) is 16.3 Å². The van der Waals surface area contributed by atoms with Crippen LogP contribution in [0.1, 0.15) is 32.6 Å². The summed E-state index contributed by atoms with van der Waals surface area (Å²) >= 11 is 9.34. The predicted molar refractivity (Wildman–Crippen MR) is 121 cm³/mol. The standard InChI is InChI=1S/C23H20BrClN2O2/c1-15-10-18(13-26-27-23(28)19-4-3-5-21(25)12-19)11-16(2)22(15)29-14-17-6-8-20(24)9-7-17/h3-13H,14H2,1-2H3,(H,27,28)/b26-13-. The summed E-state index contributed by atoms with van der Waals surface area (Å²) in [6.45, 7) is 4.48. The summed E-state index contributed by atoms with van der Waals surface area (Å²) in [7, 11) is 0. The molecule has 0 saturated heterocycles.